The molecule has 0 amide bonds. The van der Waals surface area contributed by atoms with Gasteiger partial charge in [0.25, 0.3) is 0 Å². The van der Waals surface area contributed by atoms with Gasteiger partial charge in [-0.3, -0.25) is 4.90 Å². The van der Waals surface area contributed by atoms with Gasteiger partial charge in [-0.25, -0.2) is 0 Å². The van der Waals surface area contributed by atoms with E-state index in [-0.39, 0.29) is 6.04 Å². The molecule has 0 saturated carbocycles. The second-order valence-electron chi connectivity index (χ2n) is 5.57. The van der Waals surface area contributed by atoms with Crippen molar-refractivity contribution in [2.75, 3.05) is 13.6 Å². The van der Waals surface area contributed by atoms with E-state index in [1.165, 1.54) is 22.3 Å². The van der Waals surface area contributed by atoms with E-state index in [0.29, 0.717) is 6.54 Å². The third kappa shape index (κ3) is 3.69. The van der Waals surface area contributed by atoms with Crippen LogP contribution in [0.25, 0.3) is 0 Å². The molecule has 2 N–H and O–H groups in total. The lowest BCUT2D eigenvalue weighted by Crippen LogP contribution is -2.30. The first-order valence-electron chi connectivity index (χ1n) is 7.12. The molecular formula is C18H24N2. The van der Waals surface area contributed by atoms with Gasteiger partial charge in [0.2, 0.25) is 0 Å². The van der Waals surface area contributed by atoms with Crippen molar-refractivity contribution in [3.05, 3.63) is 70.8 Å². The molecule has 2 heteroatoms. The van der Waals surface area contributed by atoms with Crippen LogP contribution in [0, 0.1) is 13.8 Å². The summed E-state index contributed by atoms with van der Waals surface area (Å²) < 4.78 is 0. The summed E-state index contributed by atoms with van der Waals surface area (Å²) in [5.74, 6) is 0. The van der Waals surface area contributed by atoms with Crippen LogP contribution < -0.4 is 5.73 Å². The zero-order valence-corrected chi connectivity index (χ0v) is 12.6. The summed E-state index contributed by atoms with van der Waals surface area (Å²) in [6, 6.07) is 17.6. The molecule has 106 valence electrons. The summed E-state index contributed by atoms with van der Waals surface area (Å²) >= 11 is 0. The fourth-order valence-corrected chi connectivity index (χ4v) is 2.54. The Hall–Kier alpha value is -1.64. The fourth-order valence-electron chi connectivity index (χ4n) is 2.54. The topological polar surface area (TPSA) is 29.3 Å². The third-order valence-electron chi connectivity index (χ3n) is 3.73. The van der Waals surface area contributed by atoms with Gasteiger partial charge in [0.1, 0.15) is 0 Å². The molecule has 1 atom stereocenters. The van der Waals surface area contributed by atoms with Gasteiger partial charge in [-0.15, -0.1) is 0 Å². The molecule has 2 rings (SSSR count). The fraction of sp³-hybridized carbons (Fsp3) is 0.333. The summed E-state index contributed by atoms with van der Waals surface area (Å²) in [6.07, 6.45) is 0. The normalized spacial score (nSPS) is 12.7. The highest BCUT2D eigenvalue weighted by atomic mass is 15.1. The van der Waals surface area contributed by atoms with Gasteiger partial charge in [0.05, 0.1) is 0 Å². The summed E-state index contributed by atoms with van der Waals surface area (Å²) in [4.78, 5) is 2.32. The minimum atomic E-state index is 0.260. The molecule has 0 saturated heterocycles. The van der Waals surface area contributed by atoms with Crippen molar-refractivity contribution < 1.29 is 0 Å². The first kappa shape index (κ1) is 14.8. The average molecular weight is 268 g/mol. The van der Waals surface area contributed by atoms with Crippen molar-refractivity contribution in [3.63, 3.8) is 0 Å². The zero-order valence-electron chi connectivity index (χ0n) is 12.6. The Labute approximate surface area is 122 Å². The molecule has 2 aromatic carbocycles. The minimum absolute atomic E-state index is 0.260. The molecule has 0 bridgehead atoms. The molecule has 0 heterocycles. The van der Waals surface area contributed by atoms with Crippen LogP contribution in [0.15, 0.2) is 48.5 Å². The van der Waals surface area contributed by atoms with Crippen LogP contribution in [0.2, 0.25) is 0 Å². The van der Waals surface area contributed by atoms with Crippen LogP contribution in [-0.2, 0) is 6.54 Å². The maximum absolute atomic E-state index is 5.99. The van der Waals surface area contributed by atoms with Gasteiger partial charge in [-0.2, -0.15) is 0 Å². The highest BCUT2D eigenvalue weighted by Crippen LogP contribution is 2.21. The molecule has 20 heavy (non-hydrogen) atoms. The van der Waals surface area contributed by atoms with Gasteiger partial charge >= 0.3 is 0 Å². The summed E-state index contributed by atoms with van der Waals surface area (Å²) in [6.45, 7) is 5.78. The molecule has 2 aromatic rings. The molecule has 1 unspecified atom stereocenters. The smallest absolute Gasteiger partial charge is 0.0471 e. The van der Waals surface area contributed by atoms with Crippen molar-refractivity contribution in [2.24, 2.45) is 5.73 Å². The molecule has 2 nitrogen and oxygen atoms in total. The van der Waals surface area contributed by atoms with Gasteiger partial charge < -0.3 is 5.73 Å². The van der Waals surface area contributed by atoms with Crippen molar-refractivity contribution in [1.82, 2.24) is 4.90 Å². The molecule has 0 aliphatic carbocycles. The van der Waals surface area contributed by atoms with Crippen molar-refractivity contribution in [2.45, 2.75) is 26.4 Å². The Morgan fingerprint density at radius 1 is 1.00 bits per heavy atom. The van der Waals surface area contributed by atoms with Gasteiger partial charge in [-0.1, -0.05) is 59.7 Å². The number of nitrogens with two attached hydrogens (primary N) is 1. The van der Waals surface area contributed by atoms with Crippen LogP contribution in [0.3, 0.4) is 0 Å². The molecule has 0 fully saturated rings. The van der Waals surface area contributed by atoms with E-state index in [2.05, 4.69) is 74.3 Å². The summed E-state index contributed by atoms with van der Waals surface area (Å²) in [7, 11) is 2.14. The number of benzene rings is 2. The summed E-state index contributed by atoms with van der Waals surface area (Å²) in [5, 5.41) is 0. The largest absolute Gasteiger partial charge is 0.329 e. The Balaban J connectivity index is 2.13. The maximum atomic E-state index is 5.99. The number of hydrogen-bond donors (Lipinski definition) is 1. The van der Waals surface area contributed by atoms with E-state index in [1.54, 1.807) is 0 Å². The second-order valence-corrected chi connectivity index (χ2v) is 5.57. The number of nitrogens with zero attached hydrogens (tertiary/aromatic N) is 1. The number of rotatable bonds is 5. The Bertz CT molecular complexity index is 546. The van der Waals surface area contributed by atoms with Crippen molar-refractivity contribution in [3.8, 4) is 0 Å². The van der Waals surface area contributed by atoms with E-state index in [4.69, 9.17) is 5.73 Å². The Morgan fingerprint density at radius 3 is 2.30 bits per heavy atom. The molecule has 0 radical (unpaired) electrons. The number of aryl methyl sites for hydroxylation is 2. The van der Waals surface area contributed by atoms with Gasteiger partial charge in [0.15, 0.2) is 0 Å². The van der Waals surface area contributed by atoms with E-state index >= 15 is 0 Å². The van der Waals surface area contributed by atoms with Crippen LogP contribution >= 0.6 is 0 Å². The lowest BCUT2D eigenvalue weighted by molar-refractivity contribution is 0.242. The highest BCUT2D eigenvalue weighted by molar-refractivity contribution is 5.26. The first-order valence-corrected chi connectivity index (χ1v) is 7.12. The van der Waals surface area contributed by atoms with E-state index < -0.39 is 0 Å². The second kappa shape index (κ2) is 6.69. The molecule has 0 aliphatic rings. The Kier molecular flexibility index (Phi) is 4.94. The highest BCUT2D eigenvalue weighted by Gasteiger charge is 2.15. The van der Waals surface area contributed by atoms with Gasteiger partial charge in [-0.05, 0) is 32.0 Å². The quantitative estimate of drug-likeness (QED) is 0.900. The van der Waals surface area contributed by atoms with E-state index in [9.17, 15) is 0 Å². The number of hydrogen-bond acceptors (Lipinski definition) is 2. The molecular weight excluding hydrogens is 244 g/mol. The first-order chi connectivity index (χ1) is 9.60. The standard InChI is InChI=1S/C18H24N2/c1-14-7-9-16(10-8-14)13-20(3)18(12-19)17-6-4-5-15(2)11-17/h4-11,18H,12-13,19H2,1-3H3. The predicted molar refractivity (Wildman–Crippen MR) is 85.6 cm³/mol. The van der Waals surface area contributed by atoms with Crippen molar-refractivity contribution in [1.29, 1.82) is 0 Å². The Morgan fingerprint density at radius 2 is 1.70 bits per heavy atom. The van der Waals surface area contributed by atoms with Crippen molar-refractivity contribution >= 4 is 0 Å². The third-order valence-corrected chi connectivity index (χ3v) is 3.73. The SMILES string of the molecule is Cc1ccc(CN(C)C(CN)c2cccc(C)c2)cc1. The van der Waals surface area contributed by atoms with Gasteiger partial charge in [0, 0.05) is 19.1 Å². The number of likely N-dealkylation sites (N-methyl/N-ethyl adjacent to an activating group) is 1. The van der Waals surface area contributed by atoms with E-state index in [0.717, 1.165) is 6.54 Å². The lowest BCUT2D eigenvalue weighted by atomic mass is 10.0. The monoisotopic (exact) mass is 268 g/mol. The summed E-state index contributed by atoms with van der Waals surface area (Å²) in [5.41, 5.74) is 11.2. The molecule has 0 aliphatic heterocycles. The lowest BCUT2D eigenvalue weighted by Gasteiger charge is -2.27. The van der Waals surface area contributed by atoms with Crippen LogP contribution in [0.4, 0.5) is 0 Å². The predicted octanol–water partition coefficient (Wildman–Crippen LogP) is 3.44. The van der Waals surface area contributed by atoms with Crippen LogP contribution in [0.5, 0.6) is 0 Å². The molecule has 0 aromatic heterocycles. The zero-order chi connectivity index (χ0) is 14.5. The maximum Gasteiger partial charge on any atom is 0.0471 e. The van der Waals surface area contributed by atoms with E-state index in [1.807, 2.05) is 0 Å². The van der Waals surface area contributed by atoms with Crippen LogP contribution in [-0.4, -0.2) is 18.5 Å². The minimum Gasteiger partial charge on any atom is -0.329 e. The molecule has 0 spiro atoms. The average Bonchev–Trinajstić information content (AvgIpc) is 2.42. The van der Waals surface area contributed by atoms with Crippen LogP contribution in [0.1, 0.15) is 28.3 Å².